The lowest BCUT2D eigenvalue weighted by Gasteiger charge is -2.17. The number of aliphatic hydroxyl groups excluding tert-OH is 1. The van der Waals surface area contributed by atoms with Crippen molar-refractivity contribution in [3.63, 3.8) is 0 Å². The van der Waals surface area contributed by atoms with E-state index in [9.17, 15) is 5.11 Å². The van der Waals surface area contributed by atoms with Crippen LogP contribution in [-0.2, 0) is 12.8 Å². The van der Waals surface area contributed by atoms with Gasteiger partial charge in [0.05, 0.1) is 5.01 Å². The van der Waals surface area contributed by atoms with Gasteiger partial charge in [0.25, 0.3) is 0 Å². The van der Waals surface area contributed by atoms with Gasteiger partial charge < -0.3 is 15.2 Å². The lowest BCUT2D eigenvalue weighted by molar-refractivity contribution is 0.104. The molecule has 1 aromatic heterocycles. The average Bonchev–Trinajstić information content (AvgIpc) is 3.04. The predicted molar refractivity (Wildman–Crippen MR) is 99.8 cm³/mol. The number of aromatic nitrogens is 1. The van der Waals surface area contributed by atoms with Gasteiger partial charge in [-0.3, -0.25) is 0 Å². The lowest BCUT2D eigenvalue weighted by Crippen LogP contribution is -2.37. The molecule has 0 fully saturated rings. The van der Waals surface area contributed by atoms with Crippen LogP contribution in [0, 0.1) is 0 Å². The summed E-state index contributed by atoms with van der Waals surface area (Å²) >= 11 is 1.80. The average molecular weight is 349 g/mol. The van der Waals surface area contributed by atoms with E-state index >= 15 is 0 Å². The van der Waals surface area contributed by atoms with Crippen LogP contribution < -0.4 is 10.1 Å². The molecule has 0 aliphatic rings. The lowest BCUT2D eigenvalue weighted by atomic mass is 10.2. The molecule has 5 heteroatoms. The van der Waals surface area contributed by atoms with Gasteiger partial charge in [-0.05, 0) is 31.9 Å². The summed E-state index contributed by atoms with van der Waals surface area (Å²) in [5.74, 6) is 0.784. The number of thiazole rings is 1. The molecule has 2 N–H and O–H groups in total. The number of hydrogen-bond acceptors (Lipinski definition) is 5. The molecule has 0 aliphatic heterocycles. The Labute approximate surface area is 148 Å². The SMILES string of the molecule is CCCCc1cnc(C[C@H](C)NC[C@H](O)COc2ccccc2)s1. The van der Waals surface area contributed by atoms with Crippen LogP contribution in [0.25, 0.3) is 0 Å². The highest BCUT2D eigenvalue weighted by molar-refractivity contribution is 7.11. The van der Waals surface area contributed by atoms with Crippen LogP contribution in [0.15, 0.2) is 36.5 Å². The molecule has 132 valence electrons. The molecule has 4 nitrogen and oxygen atoms in total. The van der Waals surface area contributed by atoms with Crippen LogP contribution in [-0.4, -0.2) is 35.4 Å². The van der Waals surface area contributed by atoms with Crippen molar-refractivity contribution in [3.05, 3.63) is 46.4 Å². The Morgan fingerprint density at radius 3 is 2.83 bits per heavy atom. The summed E-state index contributed by atoms with van der Waals surface area (Å²) in [7, 11) is 0. The van der Waals surface area contributed by atoms with Crippen molar-refractivity contribution < 1.29 is 9.84 Å². The molecule has 1 heterocycles. The van der Waals surface area contributed by atoms with Gasteiger partial charge in [-0.1, -0.05) is 31.5 Å². The molecule has 0 bridgehead atoms. The molecular formula is C19H28N2O2S. The number of ether oxygens (including phenoxy) is 1. The zero-order valence-corrected chi connectivity index (χ0v) is 15.4. The summed E-state index contributed by atoms with van der Waals surface area (Å²) in [5.41, 5.74) is 0. The Balaban J connectivity index is 1.65. The highest BCUT2D eigenvalue weighted by Crippen LogP contribution is 2.17. The zero-order chi connectivity index (χ0) is 17.2. The van der Waals surface area contributed by atoms with Crippen LogP contribution in [0.2, 0.25) is 0 Å². The fourth-order valence-electron chi connectivity index (χ4n) is 2.35. The van der Waals surface area contributed by atoms with Crippen molar-refractivity contribution in [2.24, 2.45) is 0 Å². The second kappa shape index (κ2) is 10.4. The third-order valence-corrected chi connectivity index (χ3v) is 4.83. The van der Waals surface area contributed by atoms with Crippen LogP contribution in [0.1, 0.15) is 36.6 Å². The van der Waals surface area contributed by atoms with Gasteiger partial charge in [0.15, 0.2) is 0 Å². The number of nitrogens with zero attached hydrogens (tertiary/aromatic N) is 1. The Kier molecular flexibility index (Phi) is 8.22. The first-order valence-electron chi connectivity index (χ1n) is 8.70. The molecular weight excluding hydrogens is 320 g/mol. The Bertz CT molecular complexity index is 574. The summed E-state index contributed by atoms with van der Waals surface area (Å²) in [6, 6.07) is 9.85. The molecule has 2 atom stereocenters. The third-order valence-electron chi connectivity index (χ3n) is 3.75. The molecule has 0 amide bonds. The molecule has 0 saturated heterocycles. The summed E-state index contributed by atoms with van der Waals surface area (Å²) < 4.78 is 5.56. The monoisotopic (exact) mass is 348 g/mol. The van der Waals surface area contributed by atoms with Crippen molar-refractivity contribution in [1.82, 2.24) is 10.3 Å². The standard InChI is InChI=1S/C19H28N2O2S/c1-3-4-10-18-13-21-19(24-18)11-15(2)20-12-16(22)14-23-17-8-6-5-7-9-17/h5-9,13,15-16,20,22H,3-4,10-12,14H2,1-2H3/t15-,16-/m0/s1. The third kappa shape index (κ3) is 6.99. The number of rotatable bonds is 11. The van der Waals surface area contributed by atoms with E-state index in [1.165, 1.54) is 17.7 Å². The van der Waals surface area contributed by atoms with Gasteiger partial charge in [-0.2, -0.15) is 0 Å². The number of aliphatic hydroxyl groups is 1. The Morgan fingerprint density at radius 2 is 2.08 bits per heavy atom. The van der Waals surface area contributed by atoms with Crippen molar-refractivity contribution in [3.8, 4) is 5.75 Å². The second-order valence-electron chi connectivity index (χ2n) is 6.12. The van der Waals surface area contributed by atoms with Crippen LogP contribution >= 0.6 is 11.3 Å². The van der Waals surface area contributed by atoms with Gasteiger partial charge >= 0.3 is 0 Å². The first-order chi connectivity index (χ1) is 11.7. The second-order valence-corrected chi connectivity index (χ2v) is 7.31. The van der Waals surface area contributed by atoms with Crippen LogP contribution in [0.3, 0.4) is 0 Å². The first kappa shape index (κ1) is 18.9. The maximum Gasteiger partial charge on any atom is 0.119 e. The first-order valence-corrected chi connectivity index (χ1v) is 9.52. The molecule has 2 aromatic rings. The largest absolute Gasteiger partial charge is 0.491 e. The number of nitrogens with one attached hydrogen (secondary N) is 1. The van der Waals surface area contributed by atoms with E-state index in [-0.39, 0.29) is 6.04 Å². The van der Waals surface area contributed by atoms with E-state index in [4.69, 9.17) is 4.74 Å². The highest BCUT2D eigenvalue weighted by Gasteiger charge is 2.11. The minimum atomic E-state index is -0.524. The fraction of sp³-hybridized carbons (Fsp3) is 0.526. The fourth-order valence-corrected chi connectivity index (χ4v) is 3.44. The Hall–Kier alpha value is -1.43. The normalized spacial score (nSPS) is 13.6. The molecule has 0 spiro atoms. The summed E-state index contributed by atoms with van der Waals surface area (Å²) in [5, 5.41) is 14.5. The van der Waals surface area contributed by atoms with E-state index in [0.29, 0.717) is 13.2 Å². The summed E-state index contributed by atoms with van der Waals surface area (Å²) in [4.78, 5) is 5.87. The van der Waals surface area contributed by atoms with E-state index in [2.05, 4.69) is 24.1 Å². The van der Waals surface area contributed by atoms with Gasteiger partial charge in [-0.25, -0.2) is 4.98 Å². The van der Waals surface area contributed by atoms with Crippen molar-refractivity contribution >= 4 is 11.3 Å². The van der Waals surface area contributed by atoms with Gasteiger partial charge in [0, 0.05) is 30.1 Å². The minimum absolute atomic E-state index is 0.279. The van der Waals surface area contributed by atoms with E-state index in [0.717, 1.165) is 23.6 Å². The summed E-state index contributed by atoms with van der Waals surface area (Å²) in [6.07, 6.45) is 5.94. The quantitative estimate of drug-likeness (QED) is 0.653. The van der Waals surface area contributed by atoms with Gasteiger partial charge in [0.1, 0.15) is 18.5 Å². The van der Waals surface area contributed by atoms with E-state index in [1.807, 2.05) is 36.5 Å². The summed E-state index contributed by atoms with van der Waals surface area (Å²) in [6.45, 7) is 5.14. The van der Waals surface area contributed by atoms with Crippen LogP contribution in [0.5, 0.6) is 5.75 Å². The highest BCUT2D eigenvalue weighted by atomic mass is 32.1. The predicted octanol–water partition coefficient (Wildman–Crippen LogP) is 3.45. The number of hydrogen-bond donors (Lipinski definition) is 2. The molecule has 0 saturated carbocycles. The zero-order valence-electron chi connectivity index (χ0n) is 14.6. The minimum Gasteiger partial charge on any atom is -0.491 e. The van der Waals surface area contributed by atoms with E-state index < -0.39 is 6.10 Å². The molecule has 0 aliphatic carbocycles. The van der Waals surface area contributed by atoms with Crippen molar-refractivity contribution in [2.45, 2.75) is 51.7 Å². The maximum atomic E-state index is 10.0. The molecule has 2 rings (SSSR count). The number of unbranched alkanes of at least 4 members (excludes halogenated alkanes) is 1. The molecule has 0 radical (unpaired) electrons. The van der Waals surface area contributed by atoms with E-state index in [1.54, 1.807) is 11.3 Å². The van der Waals surface area contributed by atoms with Crippen LogP contribution in [0.4, 0.5) is 0 Å². The van der Waals surface area contributed by atoms with Gasteiger partial charge in [0.2, 0.25) is 0 Å². The maximum absolute atomic E-state index is 10.0. The smallest absolute Gasteiger partial charge is 0.119 e. The van der Waals surface area contributed by atoms with Crippen molar-refractivity contribution in [1.29, 1.82) is 0 Å². The topological polar surface area (TPSA) is 54.4 Å². The van der Waals surface area contributed by atoms with Crippen molar-refractivity contribution in [2.75, 3.05) is 13.2 Å². The molecule has 1 aromatic carbocycles. The molecule has 24 heavy (non-hydrogen) atoms. The van der Waals surface area contributed by atoms with Gasteiger partial charge in [-0.15, -0.1) is 11.3 Å². The Morgan fingerprint density at radius 1 is 1.29 bits per heavy atom. The molecule has 0 unspecified atom stereocenters. The number of para-hydroxylation sites is 1. The number of benzene rings is 1. The number of aryl methyl sites for hydroxylation is 1.